The number of amides is 1. The number of azide groups is 1. The number of nitrogens with zero attached hydrogens (tertiary/aromatic N) is 3. The van der Waals surface area contributed by atoms with Crippen LogP contribution < -0.4 is 5.32 Å². The Bertz CT molecular complexity index is 930. The molecule has 200 valence electrons. The third-order valence-corrected chi connectivity index (χ3v) is 4.68. The molecule has 1 heterocycles. The van der Waals surface area contributed by atoms with Gasteiger partial charge in [-0.05, 0) is 5.53 Å². The summed E-state index contributed by atoms with van der Waals surface area (Å²) in [5.74, 6) is -8.02. The lowest BCUT2D eigenvalue weighted by Gasteiger charge is -2.48. The van der Waals surface area contributed by atoms with Gasteiger partial charge in [0.1, 0.15) is 18.3 Å². The summed E-state index contributed by atoms with van der Waals surface area (Å²) in [6.45, 7) is 4.60. The Balaban J connectivity index is 3.84. The molecule has 36 heavy (non-hydrogen) atoms. The first kappa shape index (κ1) is 30.1. The van der Waals surface area contributed by atoms with E-state index in [-0.39, 0.29) is 0 Å². The number of ether oxygens (including phenoxy) is 6. The number of rotatable bonds is 10. The SMILES string of the molecule is COC(=O)C1(OC(C)=O)C[C@H](OC(C)=O)[C@@H](NC(C)=O)[C@H]([C@H](OC(C)=O)[C@@H](CN=[N+]=[N-])OC(C)=O)O1. The van der Waals surface area contributed by atoms with E-state index in [2.05, 4.69) is 15.3 Å². The molecule has 0 aliphatic carbocycles. The standard InChI is InChI=1S/C20H28N4O12/c1-9(25)23-16-14(32-10(2)26)7-20(19(30)31-6,35-13(5)29)36-18(16)17(34-12(4)28)15(8-22-24-21)33-11(3)27/h14-18H,7-8H2,1-6H3,(H,23,25)/t14-,15+,16+,17+,18+,20?/m0/s1. The molecule has 0 aromatic heterocycles. The number of hydrogen-bond donors (Lipinski definition) is 1. The van der Waals surface area contributed by atoms with Crippen molar-refractivity contribution in [2.45, 2.75) is 77.3 Å². The van der Waals surface area contributed by atoms with Crippen molar-refractivity contribution in [2.24, 2.45) is 5.11 Å². The van der Waals surface area contributed by atoms with E-state index in [0.29, 0.717) is 0 Å². The average Bonchev–Trinajstić information content (AvgIpc) is 2.74. The molecule has 1 rings (SSSR count). The van der Waals surface area contributed by atoms with Crippen LogP contribution in [0.4, 0.5) is 0 Å². The fourth-order valence-electron chi connectivity index (χ4n) is 3.67. The van der Waals surface area contributed by atoms with Crippen LogP contribution in [0.3, 0.4) is 0 Å². The Morgan fingerprint density at radius 1 is 1.03 bits per heavy atom. The van der Waals surface area contributed by atoms with Gasteiger partial charge in [0.25, 0.3) is 0 Å². The lowest BCUT2D eigenvalue weighted by molar-refractivity contribution is -0.303. The monoisotopic (exact) mass is 516 g/mol. The topological polar surface area (TPSA) is 219 Å². The van der Waals surface area contributed by atoms with E-state index in [1.54, 1.807) is 0 Å². The summed E-state index contributed by atoms with van der Waals surface area (Å²) in [4.78, 5) is 75.0. The number of methoxy groups -OCH3 is 1. The molecule has 1 aliphatic rings. The number of esters is 5. The maximum atomic E-state index is 12.8. The first-order chi connectivity index (χ1) is 16.8. The Morgan fingerprint density at radius 2 is 1.64 bits per heavy atom. The maximum absolute atomic E-state index is 12.8. The summed E-state index contributed by atoms with van der Waals surface area (Å²) in [5.41, 5.74) is 8.77. The largest absolute Gasteiger partial charge is 0.464 e. The smallest absolute Gasteiger partial charge is 0.379 e. The second-order valence-corrected chi connectivity index (χ2v) is 7.63. The molecule has 0 radical (unpaired) electrons. The molecular weight excluding hydrogens is 488 g/mol. The molecule has 1 unspecified atom stereocenters. The minimum atomic E-state index is -2.53. The van der Waals surface area contributed by atoms with Crippen LogP contribution >= 0.6 is 0 Å². The van der Waals surface area contributed by atoms with Crippen molar-refractivity contribution in [1.29, 1.82) is 0 Å². The van der Waals surface area contributed by atoms with Gasteiger partial charge in [-0.3, -0.25) is 24.0 Å². The Morgan fingerprint density at radius 3 is 2.08 bits per heavy atom. The predicted octanol–water partition coefficient (Wildman–Crippen LogP) is -0.182. The van der Waals surface area contributed by atoms with Gasteiger partial charge in [-0.25, -0.2) is 4.79 Å². The van der Waals surface area contributed by atoms with Crippen LogP contribution in [0.5, 0.6) is 0 Å². The highest BCUT2D eigenvalue weighted by atomic mass is 16.8. The first-order valence-electron chi connectivity index (χ1n) is 10.5. The molecule has 0 spiro atoms. The summed E-state index contributed by atoms with van der Waals surface area (Å²) >= 11 is 0. The Labute approximate surface area is 205 Å². The summed E-state index contributed by atoms with van der Waals surface area (Å²) in [5, 5.41) is 5.83. The van der Waals surface area contributed by atoms with Crippen LogP contribution in [-0.4, -0.2) is 85.7 Å². The molecule has 1 saturated heterocycles. The van der Waals surface area contributed by atoms with Gasteiger partial charge in [-0.1, -0.05) is 5.11 Å². The van der Waals surface area contributed by atoms with Gasteiger partial charge in [-0.2, -0.15) is 0 Å². The van der Waals surface area contributed by atoms with E-state index in [4.69, 9.17) is 34.0 Å². The zero-order chi connectivity index (χ0) is 27.6. The van der Waals surface area contributed by atoms with Crippen molar-refractivity contribution in [3.05, 3.63) is 10.4 Å². The average molecular weight is 516 g/mol. The fourth-order valence-corrected chi connectivity index (χ4v) is 3.67. The normalized spacial score (nSPS) is 24.6. The lowest BCUT2D eigenvalue weighted by Crippen LogP contribution is -2.69. The zero-order valence-corrected chi connectivity index (χ0v) is 20.5. The third-order valence-electron chi connectivity index (χ3n) is 4.68. The predicted molar refractivity (Wildman–Crippen MR) is 114 cm³/mol. The number of carbonyl (C=O) groups excluding carboxylic acids is 6. The molecule has 1 fully saturated rings. The summed E-state index contributed by atoms with van der Waals surface area (Å²) < 4.78 is 31.5. The van der Waals surface area contributed by atoms with Crippen LogP contribution in [0.25, 0.3) is 10.4 Å². The molecular formula is C20H28N4O12. The van der Waals surface area contributed by atoms with E-state index < -0.39 is 85.0 Å². The first-order valence-corrected chi connectivity index (χ1v) is 10.5. The van der Waals surface area contributed by atoms with Crippen molar-refractivity contribution < 1.29 is 57.2 Å². The molecule has 1 aliphatic heterocycles. The highest BCUT2D eigenvalue weighted by Gasteiger charge is 2.60. The van der Waals surface area contributed by atoms with E-state index in [0.717, 1.165) is 41.7 Å². The van der Waals surface area contributed by atoms with E-state index >= 15 is 0 Å². The molecule has 16 heteroatoms. The van der Waals surface area contributed by atoms with E-state index in [9.17, 15) is 28.8 Å². The van der Waals surface area contributed by atoms with Gasteiger partial charge in [0.05, 0.1) is 26.1 Å². The zero-order valence-electron chi connectivity index (χ0n) is 20.5. The van der Waals surface area contributed by atoms with Crippen LogP contribution in [-0.2, 0) is 57.2 Å². The van der Waals surface area contributed by atoms with E-state index in [1.807, 2.05) is 0 Å². The lowest BCUT2D eigenvalue weighted by atomic mass is 9.87. The van der Waals surface area contributed by atoms with Crippen LogP contribution in [0.2, 0.25) is 0 Å². The van der Waals surface area contributed by atoms with Gasteiger partial charge < -0.3 is 33.7 Å². The Hall–Kier alpha value is -3.91. The Kier molecular flexibility index (Phi) is 11.1. The number of hydrogen-bond acceptors (Lipinski definition) is 13. The van der Waals surface area contributed by atoms with Gasteiger partial charge in [0.15, 0.2) is 6.10 Å². The third kappa shape index (κ3) is 8.39. The van der Waals surface area contributed by atoms with Crippen molar-refractivity contribution in [1.82, 2.24) is 5.32 Å². The quantitative estimate of drug-likeness (QED) is 0.131. The molecule has 1 amide bonds. The summed E-state index contributed by atoms with van der Waals surface area (Å²) in [6, 6.07) is -1.34. The second kappa shape index (κ2) is 13.3. The van der Waals surface area contributed by atoms with E-state index in [1.165, 1.54) is 0 Å². The molecule has 16 nitrogen and oxygen atoms in total. The van der Waals surface area contributed by atoms with Gasteiger partial charge in [-0.15, -0.1) is 0 Å². The number of nitrogens with one attached hydrogen (secondary N) is 1. The second-order valence-electron chi connectivity index (χ2n) is 7.63. The maximum Gasteiger partial charge on any atom is 0.379 e. The minimum absolute atomic E-state index is 0.572. The fraction of sp³-hybridized carbons (Fsp3) is 0.700. The number of carbonyl (C=O) groups is 6. The summed E-state index contributed by atoms with van der Waals surface area (Å²) in [6.07, 6.45) is -6.88. The molecule has 0 bridgehead atoms. The molecule has 6 atom stereocenters. The highest BCUT2D eigenvalue weighted by molar-refractivity contribution is 5.82. The van der Waals surface area contributed by atoms with Gasteiger partial charge in [0, 0.05) is 39.5 Å². The minimum Gasteiger partial charge on any atom is -0.464 e. The van der Waals surface area contributed by atoms with Crippen LogP contribution in [0.15, 0.2) is 5.11 Å². The van der Waals surface area contributed by atoms with Crippen LogP contribution in [0, 0.1) is 0 Å². The van der Waals surface area contributed by atoms with Crippen LogP contribution in [0.1, 0.15) is 41.0 Å². The molecule has 0 aromatic carbocycles. The molecule has 1 N–H and O–H groups in total. The molecule has 0 aromatic rings. The summed E-state index contributed by atoms with van der Waals surface area (Å²) in [7, 11) is 0.972. The van der Waals surface area contributed by atoms with Crippen molar-refractivity contribution in [3.8, 4) is 0 Å². The van der Waals surface area contributed by atoms with Crippen molar-refractivity contribution >= 4 is 35.8 Å². The van der Waals surface area contributed by atoms with Gasteiger partial charge >= 0.3 is 35.6 Å². The van der Waals surface area contributed by atoms with Crippen molar-refractivity contribution in [2.75, 3.05) is 13.7 Å². The highest BCUT2D eigenvalue weighted by Crippen LogP contribution is 2.37. The van der Waals surface area contributed by atoms with Crippen molar-refractivity contribution in [3.63, 3.8) is 0 Å². The van der Waals surface area contributed by atoms with Gasteiger partial charge in [0.2, 0.25) is 5.91 Å². The molecule has 0 saturated carbocycles.